The number of hydrogen-bond acceptors (Lipinski definition) is 5. The van der Waals surface area contributed by atoms with Crippen molar-refractivity contribution in [3.05, 3.63) is 58.2 Å². The van der Waals surface area contributed by atoms with Crippen LogP contribution in [0.25, 0.3) is 11.1 Å². The summed E-state index contributed by atoms with van der Waals surface area (Å²) in [5, 5.41) is 6.73. The summed E-state index contributed by atoms with van der Waals surface area (Å²) in [6.07, 6.45) is 4.30. The Kier molecular flexibility index (Phi) is 6.24. The number of hydrogen-bond donors (Lipinski definition) is 2. The number of pyridine rings is 1. The Hall–Kier alpha value is -2.49. The van der Waals surface area contributed by atoms with Crippen molar-refractivity contribution in [3.8, 4) is 16.9 Å². The number of nitrogen functional groups attached to an aromatic ring is 1. The molecular weight excluding hydrogens is 466 g/mol. The third-order valence-corrected chi connectivity index (χ3v) is 6.09. The Bertz CT molecular complexity index is 1130. The molecule has 32 heavy (non-hydrogen) atoms. The zero-order chi connectivity index (χ0) is 23.0. The molecule has 3 heterocycles. The minimum atomic E-state index is -3.17. The molecule has 2 atom stereocenters. The average Bonchev–Trinajstić information content (AvgIpc) is 3.45. The molecule has 1 aliphatic rings. The predicted molar refractivity (Wildman–Crippen MR) is 117 cm³/mol. The van der Waals surface area contributed by atoms with Crippen LogP contribution in [0, 0.1) is 5.82 Å². The topological polar surface area (TPSA) is 78.0 Å². The van der Waals surface area contributed by atoms with Gasteiger partial charge in [-0.3, -0.25) is 0 Å². The maximum atomic E-state index is 14.7. The van der Waals surface area contributed by atoms with Crippen molar-refractivity contribution in [2.45, 2.75) is 38.0 Å². The zero-order valence-corrected chi connectivity index (χ0v) is 18.5. The summed E-state index contributed by atoms with van der Waals surface area (Å²) in [4.78, 5) is 4.09. The van der Waals surface area contributed by atoms with Gasteiger partial charge in [0.25, 0.3) is 0 Å². The Labute approximate surface area is 192 Å². The van der Waals surface area contributed by atoms with Crippen molar-refractivity contribution in [2.75, 3.05) is 12.3 Å². The molecule has 11 heteroatoms. The maximum Gasteiger partial charge on any atom is 0.358 e. The van der Waals surface area contributed by atoms with E-state index in [1.54, 1.807) is 13.0 Å². The number of alkyl halides is 2. The molecular formula is C21H20Cl2F3N5O. The molecule has 1 aliphatic heterocycles. The lowest BCUT2D eigenvalue weighted by Gasteiger charge is -2.23. The van der Waals surface area contributed by atoms with Gasteiger partial charge >= 0.3 is 6.05 Å². The molecule has 0 bridgehead atoms. The van der Waals surface area contributed by atoms with E-state index in [2.05, 4.69) is 15.4 Å². The van der Waals surface area contributed by atoms with Gasteiger partial charge in [-0.2, -0.15) is 13.9 Å². The molecule has 1 aromatic carbocycles. The van der Waals surface area contributed by atoms with Crippen LogP contribution in [0.5, 0.6) is 5.75 Å². The minimum absolute atomic E-state index is 0.0668. The normalized spacial score (nSPS) is 17.5. The van der Waals surface area contributed by atoms with Gasteiger partial charge < -0.3 is 15.8 Å². The molecule has 3 aromatic rings. The van der Waals surface area contributed by atoms with E-state index in [0.717, 1.165) is 6.07 Å². The minimum Gasteiger partial charge on any atom is -0.482 e. The van der Waals surface area contributed by atoms with Crippen LogP contribution in [0.15, 0.2) is 36.8 Å². The zero-order valence-electron chi connectivity index (χ0n) is 17.0. The number of benzene rings is 1. The first kappa shape index (κ1) is 22.7. The van der Waals surface area contributed by atoms with E-state index in [1.165, 1.54) is 24.7 Å². The van der Waals surface area contributed by atoms with Gasteiger partial charge in [0.05, 0.1) is 17.3 Å². The van der Waals surface area contributed by atoms with E-state index in [9.17, 15) is 13.2 Å². The highest BCUT2D eigenvalue weighted by molar-refractivity contribution is 6.36. The summed E-state index contributed by atoms with van der Waals surface area (Å²) >= 11 is 12.2. The van der Waals surface area contributed by atoms with Crippen LogP contribution in [-0.2, 0) is 6.05 Å². The fraction of sp³-hybridized carbons (Fsp3) is 0.333. The second-order valence-electron chi connectivity index (χ2n) is 7.53. The van der Waals surface area contributed by atoms with E-state index < -0.39 is 24.0 Å². The first-order valence-corrected chi connectivity index (χ1v) is 10.7. The second-order valence-corrected chi connectivity index (χ2v) is 8.32. The first-order valence-electron chi connectivity index (χ1n) is 9.90. The maximum absolute atomic E-state index is 14.7. The Morgan fingerprint density at radius 1 is 1.28 bits per heavy atom. The third-order valence-electron chi connectivity index (χ3n) is 5.37. The fourth-order valence-corrected chi connectivity index (χ4v) is 4.33. The number of nitrogens with zero attached hydrogens (tertiary/aromatic N) is 3. The van der Waals surface area contributed by atoms with Gasteiger partial charge in [0.1, 0.15) is 11.9 Å². The quantitative estimate of drug-likeness (QED) is 0.456. The van der Waals surface area contributed by atoms with Crippen LogP contribution in [0.4, 0.5) is 19.0 Å². The number of ether oxygens (including phenoxy) is 1. The lowest BCUT2D eigenvalue weighted by molar-refractivity contribution is -0.119. The van der Waals surface area contributed by atoms with Crippen LogP contribution in [0.1, 0.15) is 31.4 Å². The predicted octanol–water partition coefficient (Wildman–Crippen LogP) is 5.41. The van der Waals surface area contributed by atoms with Crippen molar-refractivity contribution >= 4 is 29.0 Å². The summed E-state index contributed by atoms with van der Waals surface area (Å²) < 4.78 is 49.8. The van der Waals surface area contributed by atoms with E-state index in [0.29, 0.717) is 35.2 Å². The van der Waals surface area contributed by atoms with Gasteiger partial charge in [0, 0.05) is 34.1 Å². The van der Waals surface area contributed by atoms with Crippen molar-refractivity contribution in [1.82, 2.24) is 20.1 Å². The van der Waals surface area contributed by atoms with Crippen molar-refractivity contribution in [2.24, 2.45) is 0 Å². The summed E-state index contributed by atoms with van der Waals surface area (Å²) in [6.45, 7) is 2.18. The van der Waals surface area contributed by atoms with Crippen molar-refractivity contribution in [3.63, 3.8) is 0 Å². The molecule has 3 N–H and O–H groups in total. The summed E-state index contributed by atoms with van der Waals surface area (Å²) in [5.41, 5.74) is 7.07. The van der Waals surface area contributed by atoms with Gasteiger partial charge in [-0.25, -0.2) is 14.1 Å². The van der Waals surface area contributed by atoms with Crippen molar-refractivity contribution < 1.29 is 17.9 Å². The summed E-state index contributed by atoms with van der Waals surface area (Å²) in [5.74, 6) is -0.396. The highest BCUT2D eigenvalue weighted by atomic mass is 35.5. The van der Waals surface area contributed by atoms with E-state index in [4.69, 9.17) is 33.7 Å². The Balaban J connectivity index is 1.60. The smallest absolute Gasteiger partial charge is 0.358 e. The molecule has 2 aromatic heterocycles. The summed E-state index contributed by atoms with van der Waals surface area (Å²) in [7, 11) is 0. The van der Waals surface area contributed by atoms with E-state index >= 15 is 0 Å². The molecule has 1 fully saturated rings. The molecule has 0 unspecified atom stereocenters. The number of nitrogens with two attached hydrogens (primary N) is 1. The highest BCUT2D eigenvalue weighted by Crippen LogP contribution is 2.37. The van der Waals surface area contributed by atoms with Crippen LogP contribution in [0.2, 0.25) is 10.0 Å². The van der Waals surface area contributed by atoms with Crippen LogP contribution in [0.3, 0.4) is 0 Å². The fourth-order valence-electron chi connectivity index (χ4n) is 3.65. The SMILES string of the molecule is C[C@@H](Oc1cc(-c2cnn(C(F)(F)[C@H]3CCCN3)c2)cnc1N)c1c(Cl)ccc(F)c1Cl. The van der Waals surface area contributed by atoms with E-state index in [-0.39, 0.29) is 27.2 Å². The van der Waals surface area contributed by atoms with Crippen molar-refractivity contribution in [1.29, 1.82) is 0 Å². The first-order chi connectivity index (χ1) is 15.2. The second kappa shape index (κ2) is 8.80. The molecule has 0 saturated carbocycles. The monoisotopic (exact) mass is 485 g/mol. The number of rotatable bonds is 6. The van der Waals surface area contributed by atoms with Gasteiger partial charge in [0.15, 0.2) is 11.6 Å². The molecule has 1 saturated heterocycles. The largest absolute Gasteiger partial charge is 0.482 e. The number of nitrogens with one attached hydrogen (secondary N) is 1. The van der Waals surface area contributed by atoms with Gasteiger partial charge in [0.2, 0.25) is 0 Å². The van der Waals surface area contributed by atoms with Gasteiger partial charge in [-0.15, -0.1) is 0 Å². The molecule has 4 rings (SSSR count). The van der Waals surface area contributed by atoms with Gasteiger partial charge in [-0.1, -0.05) is 23.2 Å². The Morgan fingerprint density at radius 3 is 2.78 bits per heavy atom. The third kappa shape index (κ3) is 4.24. The molecule has 0 spiro atoms. The molecule has 170 valence electrons. The summed E-state index contributed by atoms with van der Waals surface area (Å²) in [6, 6.07) is -0.0576. The number of anilines is 1. The van der Waals surface area contributed by atoms with Crippen LogP contribution >= 0.6 is 23.2 Å². The highest BCUT2D eigenvalue weighted by Gasteiger charge is 2.43. The molecule has 0 amide bonds. The van der Waals surface area contributed by atoms with Gasteiger partial charge in [-0.05, 0) is 44.5 Å². The number of halogens is 5. The van der Waals surface area contributed by atoms with Crippen LogP contribution in [-0.4, -0.2) is 27.4 Å². The average molecular weight is 486 g/mol. The van der Waals surface area contributed by atoms with E-state index in [1.807, 2.05) is 0 Å². The molecule has 6 nitrogen and oxygen atoms in total. The Morgan fingerprint density at radius 2 is 2.06 bits per heavy atom. The van der Waals surface area contributed by atoms with Crippen LogP contribution < -0.4 is 15.8 Å². The standard InChI is InChI=1S/C21H20Cl2F3N5O/c1-11(18-14(22)4-5-15(24)19(18)23)32-16-7-12(8-29-20(16)27)13-9-30-31(10-13)21(25,26)17-3-2-6-28-17/h4-5,7-11,17,28H,2-3,6H2,1H3,(H2,27,29)/t11-,17-/m1/s1. The molecule has 0 radical (unpaired) electrons. The molecule has 0 aliphatic carbocycles. The lowest BCUT2D eigenvalue weighted by atomic mass is 10.1. The lowest BCUT2D eigenvalue weighted by Crippen LogP contribution is -2.43. The number of aromatic nitrogens is 3.